The third-order valence-corrected chi connectivity index (χ3v) is 1.86. The quantitative estimate of drug-likeness (QED) is 0.329. The standard InChI is InChI=1S/C9H17ClO/c1-3-5-9(7-10)8-11-6-4-2/h3,9H,1,4-8H2,2H3. The molecule has 0 N–H and O–H groups in total. The molecule has 2 heteroatoms. The average molecular weight is 177 g/mol. The summed E-state index contributed by atoms with van der Waals surface area (Å²) in [5.41, 5.74) is 0. The molecule has 1 nitrogen and oxygen atoms in total. The molecule has 11 heavy (non-hydrogen) atoms. The van der Waals surface area contributed by atoms with Crippen molar-refractivity contribution in [1.82, 2.24) is 0 Å². The summed E-state index contributed by atoms with van der Waals surface area (Å²) in [5.74, 6) is 1.11. The Labute approximate surface area is 74.4 Å². The van der Waals surface area contributed by atoms with E-state index in [4.69, 9.17) is 16.3 Å². The number of rotatable bonds is 7. The molecule has 0 aliphatic rings. The molecule has 0 aromatic heterocycles. The van der Waals surface area contributed by atoms with Gasteiger partial charge in [0.15, 0.2) is 0 Å². The lowest BCUT2D eigenvalue weighted by Crippen LogP contribution is -2.10. The Morgan fingerprint density at radius 2 is 2.36 bits per heavy atom. The molecule has 0 bridgehead atoms. The first kappa shape index (κ1) is 11.0. The molecule has 0 saturated carbocycles. The fraction of sp³-hybridized carbons (Fsp3) is 0.778. The van der Waals surface area contributed by atoms with Gasteiger partial charge in [0.05, 0.1) is 6.61 Å². The van der Waals surface area contributed by atoms with Crippen LogP contribution < -0.4 is 0 Å². The highest BCUT2D eigenvalue weighted by molar-refractivity contribution is 6.18. The number of alkyl halides is 1. The van der Waals surface area contributed by atoms with Crippen molar-refractivity contribution in [2.75, 3.05) is 19.1 Å². The van der Waals surface area contributed by atoms with Crippen LogP contribution in [0, 0.1) is 5.92 Å². The molecule has 0 fully saturated rings. The smallest absolute Gasteiger partial charge is 0.0508 e. The SMILES string of the molecule is C=CCC(CCl)COCCC. The van der Waals surface area contributed by atoms with E-state index in [-0.39, 0.29) is 0 Å². The zero-order valence-corrected chi connectivity index (χ0v) is 7.94. The minimum absolute atomic E-state index is 0.445. The largest absolute Gasteiger partial charge is 0.381 e. The first-order valence-corrected chi connectivity index (χ1v) is 4.63. The number of hydrogen-bond donors (Lipinski definition) is 0. The summed E-state index contributed by atoms with van der Waals surface area (Å²) in [6.07, 6.45) is 3.92. The highest BCUT2D eigenvalue weighted by Gasteiger charge is 2.03. The van der Waals surface area contributed by atoms with Gasteiger partial charge in [0.2, 0.25) is 0 Å². The van der Waals surface area contributed by atoms with Crippen molar-refractivity contribution in [1.29, 1.82) is 0 Å². The second-order valence-electron chi connectivity index (χ2n) is 2.62. The number of allylic oxidation sites excluding steroid dienone is 1. The van der Waals surface area contributed by atoms with Crippen LogP contribution in [-0.4, -0.2) is 19.1 Å². The van der Waals surface area contributed by atoms with Crippen molar-refractivity contribution in [3.63, 3.8) is 0 Å². The van der Waals surface area contributed by atoms with Gasteiger partial charge >= 0.3 is 0 Å². The summed E-state index contributed by atoms with van der Waals surface area (Å²) >= 11 is 5.70. The fourth-order valence-corrected chi connectivity index (χ4v) is 1.02. The molecule has 0 heterocycles. The number of hydrogen-bond acceptors (Lipinski definition) is 1. The fourth-order valence-electron chi connectivity index (χ4n) is 0.806. The summed E-state index contributed by atoms with van der Waals surface area (Å²) in [6, 6.07) is 0. The molecular formula is C9H17ClO. The van der Waals surface area contributed by atoms with E-state index in [0.29, 0.717) is 11.8 Å². The van der Waals surface area contributed by atoms with Gasteiger partial charge in [0.25, 0.3) is 0 Å². The Balaban J connectivity index is 3.27. The molecule has 0 aromatic carbocycles. The second-order valence-corrected chi connectivity index (χ2v) is 2.93. The first-order valence-electron chi connectivity index (χ1n) is 4.09. The van der Waals surface area contributed by atoms with E-state index < -0.39 is 0 Å². The predicted molar refractivity (Wildman–Crippen MR) is 50.1 cm³/mol. The molecule has 0 aliphatic carbocycles. The van der Waals surface area contributed by atoms with Crippen molar-refractivity contribution in [2.45, 2.75) is 19.8 Å². The summed E-state index contributed by atoms with van der Waals surface area (Å²) in [4.78, 5) is 0. The topological polar surface area (TPSA) is 9.23 Å². The average Bonchev–Trinajstić information content (AvgIpc) is 2.03. The summed E-state index contributed by atoms with van der Waals surface area (Å²) in [5, 5.41) is 0. The highest BCUT2D eigenvalue weighted by Crippen LogP contribution is 2.06. The van der Waals surface area contributed by atoms with Gasteiger partial charge < -0.3 is 4.74 Å². The minimum atomic E-state index is 0.445. The van der Waals surface area contributed by atoms with Crippen molar-refractivity contribution in [3.05, 3.63) is 12.7 Å². The lowest BCUT2D eigenvalue weighted by atomic mass is 10.1. The maximum absolute atomic E-state index is 5.70. The second kappa shape index (κ2) is 8.09. The van der Waals surface area contributed by atoms with Gasteiger partial charge in [0, 0.05) is 12.5 Å². The summed E-state index contributed by atoms with van der Waals surface area (Å²) in [6.45, 7) is 7.37. The van der Waals surface area contributed by atoms with Gasteiger partial charge in [-0.2, -0.15) is 0 Å². The van der Waals surface area contributed by atoms with Crippen LogP contribution in [0.4, 0.5) is 0 Å². The van der Waals surface area contributed by atoms with Crippen LogP contribution in [0.5, 0.6) is 0 Å². The van der Waals surface area contributed by atoms with E-state index in [2.05, 4.69) is 13.5 Å². The molecule has 1 unspecified atom stereocenters. The molecule has 0 radical (unpaired) electrons. The van der Waals surface area contributed by atoms with Crippen molar-refractivity contribution in [3.8, 4) is 0 Å². The van der Waals surface area contributed by atoms with Crippen molar-refractivity contribution >= 4 is 11.6 Å². The molecule has 0 aromatic rings. The van der Waals surface area contributed by atoms with E-state index in [1.165, 1.54) is 0 Å². The monoisotopic (exact) mass is 176 g/mol. The maximum Gasteiger partial charge on any atom is 0.0508 e. The Morgan fingerprint density at radius 3 is 2.82 bits per heavy atom. The van der Waals surface area contributed by atoms with Gasteiger partial charge in [-0.05, 0) is 18.8 Å². The van der Waals surface area contributed by atoms with Crippen LogP contribution in [0.15, 0.2) is 12.7 Å². The Hall–Kier alpha value is -0.0100. The van der Waals surface area contributed by atoms with Crippen LogP contribution >= 0.6 is 11.6 Å². The van der Waals surface area contributed by atoms with E-state index in [9.17, 15) is 0 Å². The Bertz CT molecular complexity index is 93.6. The van der Waals surface area contributed by atoms with Crippen LogP contribution in [0.25, 0.3) is 0 Å². The van der Waals surface area contributed by atoms with Gasteiger partial charge in [-0.25, -0.2) is 0 Å². The molecule has 66 valence electrons. The Morgan fingerprint density at radius 1 is 1.64 bits per heavy atom. The van der Waals surface area contributed by atoms with Gasteiger partial charge in [0.1, 0.15) is 0 Å². The Kier molecular flexibility index (Phi) is 8.08. The molecular weight excluding hydrogens is 160 g/mol. The van der Waals surface area contributed by atoms with Crippen molar-refractivity contribution < 1.29 is 4.74 Å². The van der Waals surface area contributed by atoms with Crippen LogP contribution in [-0.2, 0) is 4.74 Å². The van der Waals surface area contributed by atoms with E-state index >= 15 is 0 Å². The third-order valence-electron chi connectivity index (χ3n) is 1.42. The number of ether oxygens (including phenoxy) is 1. The highest BCUT2D eigenvalue weighted by atomic mass is 35.5. The molecule has 0 amide bonds. The van der Waals surface area contributed by atoms with Crippen LogP contribution in [0.1, 0.15) is 19.8 Å². The van der Waals surface area contributed by atoms with Gasteiger partial charge in [-0.15, -0.1) is 18.2 Å². The predicted octanol–water partition coefficient (Wildman–Crippen LogP) is 2.84. The molecule has 1 atom stereocenters. The molecule has 0 aliphatic heterocycles. The van der Waals surface area contributed by atoms with Gasteiger partial charge in [-0.1, -0.05) is 13.0 Å². The van der Waals surface area contributed by atoms with E-state index in [1.807, 2.05) is 6.08 Å². The zero-order valence-electron chi connectivity index (χ0n) is 7.18. The maximum atomic E-state index is 5.70. The number of halogens is 1. The third kappa shape index (κ3) is 6.39. The molecule has 0 saturated heterocycles. The van der Waals surface area contributed by atoms with Crippen molar-refractivity contribution in [2.24, 2.45) is 5.92 Å². The molecule has 0 spiro atoms. The lowest BCUT2D eigenvalue weighted by Gasteiger charge is -2.10. The normalized spacial score (nSPS) is 12.9. The van der Waals surface area contributed by atoms with Crippen LogP contribution in [0.3, 0.4) is 0 Å². The van der Waals surface area contributed by atoms with E-state index in [0.717, 1.165) is 26.1 Å². The first-order chi connectivity index (χ1) is 5.35. The van der Waals surface area contributed by atoms with Gasteiger partial charge in [-0.3, -0.25) is 0 Å². The zero-order chi connectivity index (χ0) is 8.53. The molecule has 0 rings (SSSR count). The lowest BCUT2D eigenvalue weighted by molar-refractivity contribution is 0.107. The summed E-state index contributed by atoms with van der Waals surface area (Å²) < 4.78 is 5.36. The minimum Gasteiger partial charge on any atom is -0.381 e. The van der Waals surface area contributed by atoms with E-state index in [1.54, 1.807) is 0 Å². The summed E-state index contributed by atoms with van der Waals surface area (Å²) in [7, 11) is 0. The van der Waals surface area contributed by atoms with Crippen LogP contribution in [0.2, 0.25) is 0 Å².